The van der Waals surface area contributed by atoms with Gasteiger partial charge in [0.25, 0.3) is 5.91 Å². The number of likely N-dealkylation sites (tertiary alicyclic amines) is 1. The number of rotatable bonds is 5. The third kappa shape index (κ3) is 3.47. The highest BCUT2D eigenvalue weighted by atomic mass is 16.5. The second-order valence-electron chi connectivity index (χ2n) is 8.19. The zero-order valence-corrected chi connectivity index (χ0v) is 16.9. The molecule has 1 N–H and O–H groups in total. The van der Waals surface area contributed by atoms with Gasteiger partial charge >= 0.3 is 5.97 Å². The molecule has 1 aliphatic carbocycles. The lowest BCUT2D eigenvalue weighted by molar-refractivity contribution is -0.142. The molecule has 3 atom stereocenters. The SMILES string of the molecule is Cc1c(C(=O)N2CC3CCCC3C2C(=O)O)nnn1-c1ccc(OC(C)C)cc1. The Hall–Kier alpha value is -2.90. The molecular weight excluding hydrogens is 372 g/mol. The van der Waals surface area contributed by atoms with Crippen LogP contribution in [0.15, 0.2) is 24.3 Å². The van der Waals surface area contributed by atoms with E-state index in [1.165, 1.54) is 4.90 Å². The second kappa shape index (κ2) is 7.50. The Labute approximate surface area is 169 Å². The van der Waals surface area contributed by atoms with E-state index in [1.54, 1.807) is 11.6 Å². The van der Waals surface area contributed by atoms with Crippen molar-refractivity contribution in [2.45, 2.75) is 52.2 Å². The zero-order valence-electron chi connectivity index (χ0n) is 16.9. The van der Waals surface area contributed by atoms with Crippen LogP contribution in [0, 0.1) is 18.8 Å². The number of aliphatic carboxylic acids is 1. The number of amides is 1. The van der Waals surface area contributed by atoms with Gasteiger partial charge in [-0.3, -0.25) is 4.79 Å². The van der Waals surface area contributed by atoms with Crippen LogP contribution in [0.1, 0.15) is 49.3 Å². The lowest BCUT2D eigenvalue weighted by atomic mass is 9.94. The van der Waals surface area contributed by atoms with E-state index in [4.69, 9.17) is 4.74 Å². The van der Waals surface area contributed by atoms with E-state index < -0.39 is 12.0 Å². The fourth-order valence-corrected chi connectivity index (χ4v) is 4.68. The Morgan fingerprint density at radius 2 is 1.93 bits per heavy atom. The summed E-state index contributed by atoms with van der Waals surface area (Å²) in [5, 5.41) is 18.0. The largest absolute Gasteiger partial charge is 0.491 e. The van der Waals surface area contributed by atoms with Gasteiger partial charge in [-0.2, -0.15) is 0 Å². The first-order chi connectivity index (χ1) is 13.9. The topological polar surface area (TPSA) is 97.5 Å². The summed E-state index contributed by atoms with van der Waals surface area (Å²) >= 11 is 0. The number of hydrogen-bond donors (Lipinski definition) is 1. The highest BCUT2D eigenvalue weighted by molar-refractivity contribution is 5.96. The molecule has 2 fully saturated rings. The number of benzene rings is 1. The highest BCUT2D eigenvalue weighted by Gasteiger charge is 2.50. The van der Waals surface area contributed by atoms with E-state index in [0.29, 0.717) is 12.2 Å². The number of carboxylic acid groups (broad SMARTS) is 1. The molecule has 2 aromatic rings. The van der Waals surface area contributed by atoms with Crippen molar-refractivity contribution in [2.24, 2.45) is 11.8 Å². The third-order valence-electron chi connectivity index (χ3n) is 5.95. The first kappa shape index (κ1) is 19.4. The van der Waals surface area contributed by atoms with Crippen molar-refractivity contribution < 1.29 is 19.4 Å². The molecule has 3 unspecified atom stereocenters. The normalized spacial score (nSPS) is 23.4. The molecule has 29 heavy (non-hydrogen) atoms. The van der Waals surface area contributed by atoms with Crippen molar-refractivity contribution >= 4 is 11.9 Å². The highest BCUT2D eigenvalue weighted by Crippen LogP contribution is 2.42. The van der Waals surface area contributed by atoms with Crippen molar-refractivity contribution in [1.82, 2.24) is 19.9 Å². The zero-order chi connectivity index (χ0) is 20.7. The number of carbonyl (C=O) groups excluding carboxylic acids is 1. The minimum absolute atomic E-state index is 0.0419. The summed E-state index contributed by atoms with van der Waals surface area (Å²) < 4.78 is 7.25. The van der Waals surface area contributed by atoms with Gasteiger partial charge in [0.05, 0.1) is 17.5 Å². The molecule has 4 rings (SSSR count). The summed E-state index contributed by atoms with van der Waals surface area (Å²) in [6, 6.07) is 6.63. The molecule has 2 aliphatic rings. The molecule has 1 amide bonds. The van der Waals surface area contributed by atoms with Crippen LogP contribution in [-0.4, -0.2) is 55.6 Å². The third-order valence-corrected chi connectivity index (χ3v) is 5.95. The summed E-state index contributed by atoms with van der Waals surface area (Å²) in [6.07, 6.45) is 2.96. The van der Waals surface area contributed by atoms with Gasteiger partial charge in [-0.1, -0.05) is 11.6 Å². The molecule has 8 nitrogen and oxygen atoms in total. The van der Waals surface area contributed by atoms with Gasteiger partial charge in [-0.25, -0.2) is 9.48 Å². The minimum Gasteiger partial charge on any atom is -0.491 e. The molecule has 0 spiro atoms. The number of nitrogens with zero attached hydrogens (tertiary/aromatic N) is 4. The number of carbonyl (C=O) groups is 2. The molecule has 0 bridgehead atoms. The molecule has 1 aliphatic heterocycles. The van der Waals surface area contributed by atoms with E-state index >= 15 is 0 Å². The predicted molar refractivity (Wildman–Crippen MR) is 105 cm³/mol. The van der Waals surface area contributed by atoms with Crippen LogP contribution in [0.2, 0.25) is 0 Å². The number of hydrogen-bond acceptors (Lipinski definition) is 5. The van der Waals surface area contributed by atoms with E-state index in [-0.39, 0.29) is 29.5 Å². The Morgan fingerprint density at radius 1 is 1.21 bits per heavy atom. The summed E-state index contributed by atoms with van der Waals surface area (Å²) in [5.74, 6) is -0.219. The lowest BCUT2D eigenvalue weighted by Gasteiger charge is -2.23. The van der Waals surface area contributed by atoms with E-state index in [0.717, 1.165) is 30.7 Å². The van der Waals surface area contributed by atoms with E-state index in [9.17, 15) is 14.7 Å². The molecule has 1 saturated carbocycles. The van der Waals surface area contributed by atoms with Crippen molar-refractivity contribution in [3.63, 3.8) is 0 Å². The van der Waals surface area contributed by atoms with Gasteiger partial charge in [0, 0.05) is 6.54 Å². The standard InChI is InChI=1S/C21H26N4O4/c1-12(2)29-16-9-7-15(8-10-16)25-13(3)18(22-23-25)20(26)24-11-14-5-4-6-17(14)19(24)21(27)28/h7-10,12,14,17,19H,4-6,11H2,1-3H3,(H,27,28). The number of aromatic nitrogens is 3. The van der Waals surface area contributed by atoms with Crippen LogP contribution >= 0.6 is 0 Å². The molecule has 2 heterocycles. The minimum atomic E-state index is -0.932. The second-order valence-corrected chi connectivity index (χ2v) is 8.19. The molecule has 1 aromatic carbocycles. The maximum Gasteiger partial charge on any atom is 0.326 e. The van der Waals surface area contributed by atoms with Gasteiger partial charge in [-0.15, -0.1) is 5.10 Å². The van der Waals surface area contributed by atoms with Gasteiger partial charge in [-0.05, 0) is 69.7 Å². The Bertz CT molecular complexity index is 921. The van der Waals surface area contributed by atoms with Crippen molar-refractivity contribution in [3.8, 4) is 11.4 Å². The Kier molecular flexibility index (Phi) is 5.02. The quantitative estimate of drug-likeness (QED) is 0.832. The van der Waals surface area contributed by atoms with Crippen LogP contribution in [0.3, 0.4) is 0 Å². The van der Waals surface area contributed by atoms with Crippen molar-refractivity contribution in [3.05, 3.63) is 35.7 Å². The van der Waals surface area contributed by atoms with Gasteiger partial charge in [0.1, 0.15) is 11.8 Å². The monoisotopic (exact) mass is 398 g/mol. The van der Waals surface area contributed by atoms with Crippen LogP contribution < -0.4 is 4.74 Å². The maximum absolute atomic E-state index is 13.2. The van der Waals surface area contributed by atoms with Crippen molar-refractivity contribution in [2.75, 3.05) is 6.54 Å². The van der Waals surface area contributed by atoms with Gasteiger partial charge in [0.15, 0.2) is 5.69 Å². The summed E-state index contributed by atoms with van der Waals surface area (Å²) in [4.78, 5) is 26.5. The Balaban J connectivity index is 1.58. The fourth-order valence-electron chi connectivity index (χ4n) is 4.68. The molecule has 1 aromatic heterocycles. The van der Waals surface area contributed by atoms with E-state index in [1.807, 2.05) is 38.1 Å². The van der Waals surface area contributed by atoms with Gasteiger partial charge in [0.2, 0.25) is 0 Å². The molecule has 0 radical (unpaired) electrons. The molecule has 1 saturated heterocycles. The van der Waals surface area contributed by atoms with Crippen LogP contribution in [-0.2, 0) is 4.79 Å². The summed E-state index contributed by atoms with van der Waals surface area (Å²) in [7, 11) is 0. The average molecular weight is 398 g/mol. The average Bonchev–Trinajstić information content (AvgIpc) is 3.35. The maximum atomic E-state index is 13.2. The first-order valence-electron chi connectivity index (χ1n) is 10.1. The molecule has 8 heteroatoms. The van der Waals surface area contributed by atoms with Crippen LogP contribution in [0.4, 0.5) is 0 Å². The number of carboxylic acids is 1. The van der Waals surface area contributed by atoms with Crippen LogP contribution in [0.25, 0.3) is 5.69 Å². The molecule has 154 valence electrons. The smallest absolute Gasteiger partial charge is 0.326 e. The molecular formula is C21H26N4O4. The number of fused-ring (bicyclic) bond motifs is 1. The van der Waals surface area contributed by atoms with Gasteiger partial charge < -0.3 is 14.7 Å². The Morgan fingerprint density at radius 3 is 2.59 bits per heavy atom. The number of ether oxygens (including phenoxy) is 1. The summed E-state index contributed by atoms with van der Waals surface area (Å²) in [6.45, 7) is 6.18. The summed E-state index contributed by atoms with van der Waals surface area (Å²) in [5.41, 5.74) is 1.56. The van der Waals surface area contributed by atoms with Crippen LogP contribution in [0.5, 0.6) is 5.75 Å². The van der Waals surface area contributed by atoms with E-state index in [2.05, 4.69) is 10.3 Å². The fraction of sp³-hybridized carbons (Fsp3) is 0.524. The van der Waals surface area contributed by atoms with Crippen molar-refractivity contribution in [1.29, 1.82) is 0 Å². The first-order valence-corrected chi connectivity index (χ1v) is 10.1. The predicted octanol–water partition coefficient (Wildman–Crippen LogP) is 2.69. The lowest BCUT2D eigenvalue weighted by Crippen LogP contribution is -2.43.